The van der Waals surface area contributed by atoms with E-state index in [4.69, 9.17) is 21.7 Å². The van der Waals surface area contributed by atoms with Crippen LogP contribution in [-0.2, 0) is 0 Å². The molecule has 2 aromatic heterocycles. The second kappa shape index (κ2) is 11.0. The van der Waals surface area contributed by atoms with Gasteiger partial charge in [0.25, 0.3) is 5.91 Å². The van der Waals surface area contributed by atoms with Crippen LogP contribution in [0.5, 0.6) is 0 Å². The zero-order valence-corrected chi connectivity index (χ0v) is 20.2. The Hall–Kier alpha value is -2.64. The van der Waals surface area contributed by atoms with Crippen LogP contribution in [0, 0.1) is 6.92 Å². The third kappa shape index (κ3) is 5.47. The number of unbranched alkanes of at least 4 members (excludes halogenated alkanes) is 3. The molecule has 1 aromatic carbocycles. The first-order valence-corrected chi connectivity index (χ1v) is 12.4. The van der Waals surface area contributed by atoms with Crippen molar-refractivity contribution < 1.29 is 4.79 Å². The molecule has 8 heteroatoms. The fraction of sp³-hybridized carbons (Fsp3) is 0.480. The van der Waals surface area contributed by atoms with Gasteiger partial charge in [-0.3, -0.25) is 4.79 Å². The number of hydrogen-bond donors (Lipinski definition) is 3. The largest absolute Gasteiger partial charge is 0.370 e. The Labute approximate surface area is 200 Å². The molecule has 1 aliphatic rings. The highest BCUT2D eigenvalue weighted by atomic mass is 35.5. The lowest BCUT2D eigenvalue weighted by Crippen LogP contribution is -2.45. The standard InChI is InChI=1S/C25H33ClN6O/c1-3-4-5-6-15-28-22-13-12-19-23(25(33)29-18-9-8-14-27-16-18)31-32(24(19)30-22)21-11-7-10-20(26)17(21)2/h7,10-13,18,27H,3-6,8-9,14-16H2,1-2H3,(H,28,30)(H,29,33). The van der Waals surface area contributed by atoms with Crippen LogP contribution in [-0.4, -0.2) is 46.3 Å². The van der Waals surface area contributed by atoms with Crippen LogP contribution >= 0.6 is 11.6 Å². The molecule has 1 unspecified atom stereocenters. The molecule has 33 heavy (non-hydrogen) atoms. The van der Waals surface area contributed by atoms with Gasteiger partial charge in [-0.2, -0.15) is 5.10 Å². The smallest absolute Gasteiger partial charge is 0.272 e. The predicted octanol–water partition coefficient (Wildman–Crippen LogP) is 4.86. The summed E-state index contributed by atoms with van der Waals surface area (Å²) in [5.41, 5.74) is 2.74. The third-order valence-corrected chi connectivity index (χ3v) is 6.59. The highest BCUT2D eigenvalue weighted by molar-refractivity contribution is 6.31. The third-order valence-electron chi connectivity index (χ3n) is 6.18. The number of pyridine rings is 1. The van der Waals surface area contributed by atoms with E-state index in [1.807, 2.05) is 37.3 Å². The second-order valence-electron chi connectivity index (χ2n) is 8.72. The van der Waals surface area contributed by atoms with Gasteiger partial charge in [0.05, 0.1) is 11.1 Å². The molecule has 0 aliphatic carbocycles. The molecule has 4 rings (SSSR count). The maximum Gasteiger partial charge on any atom is 0.272 e. The minimum absolute atomic E-state index is 0.108. The van der Waals surface area contributed by atoms with Gasteiger partial charge in [-0.05, 0) is 62.6 Å². The quantitative estimate of drug-likeness (QED) is 0.391. The van der Waals surface area contributed by atoms with E-state index in [1.165, 1.54) is 19.3 Å². The number of anilines is 1. The number of rotatable bonds is 9. The summed E-state index contributed by atoms with van der Waals surface area (Å²) < 4.78 is 1.74. The van der Waals surface area contributed by atoms with Crippen LogP contribution in [0.25, 0.3) is 16.7 Å². The fourth-order valence-electron chi connectivity index (χ4n) is 4.25. The monoisotopic (exact) mass is 468 g/mol. The molecule has 1 fully saturated rings. The average molecular weight is 469 g/mol. The van der Waals surface area contributed by atoms with E-state index in [1.54, 1.807) is 4.68 Å². The molecule has 1 amide bonds. The summed E-state index contributed by atoms with van der Waals surface area (Å²) in [6, 6.07) is 9.67. The summed E-state index contributed by atoms with van der Waals surface area (Å²) in [6.45, 7) is 6.80. The Bertz CT molecular complexity index is 1110. The molecule has 176 valence electrons. The Morgan fingerprint density at radius 3 is 2.91 bits per heavy atom. The van der Waals surface area contributed by atoms with Crippen LogP contribution in [0.1, 0.15) is 61.5 Å². The summed E-state index contributed by atoms with van der Waals surface area (Å²) in [6.07, 6.45) is 6.77. The van der Waals surface area contributed by atoms with E-state index in [0.29, 0.717) is 16.4 Å². The Morgan fingerprint density at radius 1 is 1.24 bits per heavy atom. The van der Waals surface area contributed by atoms with Crippen molar-refractivity contribution in [2.45, 2.75) is 58.4 Å². The van der Waals surface area contributed by atoms with Crippen molar-refractivity contribution in [3.05, 3.63) is 46.6 Å². The van der Waals surface area contributed by atoms with E-state index in [-0.39, 0.29) is 11.9 Å². The average Bonchev–Trinajstić information content (AvgIpc) is 3.20. The SMILES string of the molecule is CCCCCCNc1ccc2c(C(=O)NC3CCCNC3)nn(-c3cccc(Cl)c3C)c2n1. The summed E-state index contributed by atoms with van der Waals surface area (Å²) in [4.78, 5) is 18.0. The van der Waals surface area contributed by atoms with E-state index in [0.717, 1.165) is 61.4 Å². The first-order chi connectivity index (χ1) is 16.1. The summed E-state index contributed by atoms with van der Waals surface area (Å²) in [7, 11) is 0. The van der Waals surface area contributed by atoms with Gasteiger partial charge in [0.1, 0.15) is 5.82 Å². The molecule has 3 N–H and O–H groups in total. The fourth-order valence-corrected chi connectivity index (χ4v) is 4.42. The van der Waals surface area contributed by atoms with Gasteiger partial charge >= 0.3 is 0 Å². The lowest BCUT2D eigenvalue weighted by Gasteiger charge is -2.23. The Kier molecular flexibility index (Phi) is 7.83. The van der Waals surface area contributed by atoms with E-state index >= 15 is 0 Å². The van der Waals surface area contributed by atoms with Gasteiger partial charge in [0, 0.05) is 24.2 Å². The molecule has 1 saturated heterocycles. The van der Waals surface area contributed by atoms with Gasteiger partial charge in [0.15, 0.2) is 11.3 Å². The molecule has 0 radical (unpaired) electrons. The van der Waals surface area contributed by atoms with E-state index in [2.05, 4.69) is 22.9 Å². The molecular formula is C25H33ClN6O. The Morgan fingerprint density at radius 2 is 2.12 bits per heavy atom. The summed E-state index contributed by atoms with van der Waals surface area (Å²) >= 11 is 6.39. The number of hydrogen-bond acceptors (Lipinski definition) is 5. The van der Waals surface area contributed by atoms with Gasteiger partial charge in [0.2, 0.25) is 0 Å². The van der Waals surface area contributed by atoms with Crippen LogP contribution in [0.4, 0.5) is 5.82 Å². The number of aromatic nitrogens is 3. The maximum atomic E-state index is 13.2. The van der Waals surface area contributed by atoms with Crippen molar-refractivity contribution in [1.82, 2.24) is 25.4 Å². The number of fused-ring (bicyclic) bond motifs is 1. The predicted molar refractivity (Wildman–Crippen MR) is 135 cm³/mol. The zero-order chi connectivity index (χ0) is 23.2. The van der Waals surface area contributed by atoms with Gasteiger partial charge in [-0.1, -0.05) is 43.9 Å². The minimum atomic E-state index is -0.172. The molecule has 7 nitrogen and oxygen atoms in total. The summed E-state index contributed by atoms with van der Waals surface area (Å²) in [5, 5.41) is 16.0. The molecule has 3 aromatic rings. The molecule has 0 bridgehead atoms. The van der Waals surface area contributed by atoms with Crippen LogP contribution in [0.3, 0.4) is 0 Å². The number of nitrogens with one attached hydrogen (secondary N) is 3. The van der Waals surface area contributed by atoms with Crippen molar-refractivity contribution >= 4 is 34.4 Å². The molecule has 0 spiro atoms. The van der Waals surface area contributed by atoms with Crippen molar-refractivity contribution in [2.75, 3.05) is 25.0 Å². The highest BCUT2D eigenvalue weighted by Crippen LogP contribution is 2.27. The van der Waals surface area contributed by atoms with E-state index < -0.39 is 0 Å². The number of carbonyl (C=O) groups is 1. The summed E-state index contributed by atoms with van der Waals surface area (Å²) in [5.74, 6) is 0.609. The first kappa shape index (κ1) is 23.5. The van der Waals surface area contributed by atoms with Gasteiger partial charge in [-0.15, -0.1) is 0 Å². The number of halogens is 1. The van der Waals surface area contributed by atoms with Gasteiger partial charge < -0.3 is 16.0 Å². The number of benzene rings is 1. The highest BCUT2D eigenvalue weighted by Gasteiger charge is 2.23. The minimum Gasteiger partial charge on any atom is -0.370 e. The first-order valence-electron chi connectivity index (χ1n) is 12.0. The lowest BCUT2D eigenvalue weighted by atomic mass is 10.1. The molecule has 1 atom stereocenters. The number of piperidine rings is 1. The zero-order valence-electron chi connectivity index (χ0n) is 19.5. The molecule has 1 aliphatic heterocycles. The number of nitrogens with zero attached hydrogens (tertiary/aromatic N) is 3. The molecular weight excluding hydrogens is 436 g/mol. The number of carbonyl (C=O) groups excluding carboxylic acids is 1. The van der Waals surface area contributed by atoms with E-state index in [9.17, 15) is 4.79 Å². The second-order valence-corrected chi connectivity index (χ2v) is 9.12. The number of amides is 1. The maximum absolute atomic E-state index is 13.2. The van der Waals surface area contributed by atoms with Crippen molar-refractivity contribution in [3.8, 4) is 5.69 Å². The molecule has 0 saturated carbocycles. The van der Waals surface area contributed by atoms with Gasteiger partial charge in [-0.25, -0.2) is 9.67 Å². The van der Waals surface area contributed by atoms with Crippen LogP contribution < -0.4 is 16.0 Å². The lowest BCUT2D eigenvalue weighted by molar-refractivity contribution is 0.0927. The van der Waals surface area contributed by atoms with Crippen LogP contribution in [0.15, 0.2) is 30.3 Å². The molecule has 3 heterocycles. The van der Waals surface area contributed by atoms with Crippen molar-refractivity contribution in [2.24, 2.45) is 0 Å². The van der Waals surface area contributed by atoms with Crippen molar-refractivity contribution in [3.63, 3.8) is 0 Å². The normalized spacial score (nSPS) is 16.2. The van der Waals surface area contributed by atoms with Crippen LogP contribution in [0.2, 0.25) is 5.02 Å². The Balaban J connectivity index is 1.67. The van der Waals surface area contributed by atoms with Crippen molar-refractivity contribution in [1.29, 1.82) is 0 Å². The topological polar surface area (TPSA) is 83.9 Å².